The van der Waals surface area contributed by atoms with Crippen molar-refractivity contribution in [1.82, 2.24) is 0 Å². The fourth-order valence-electron chi connectivity index (χ4n) is 2.29. The van der Waals surface area contributed by atoms with Gasteiger partial charge < -0.3 is 10.2 Å². The van der Waals surface area contributed by atoms with Gasteiger partial charge in [0.25, 0.3) is 0 Å². The van der Waals surface area contributed by atoms with Crippen LogP contribution >= 0.6 is 0 Å². The van der Waals surface area contributed by atoms with E-state index in [9.17, 15) is 19.4 Å². The van der Waals surface area contributed by atoms with Crippen molar-refractivity contribution in [2.24, 2.45) is 0 Å². The minimum Gasteiger partial charge on any atom is -0.481 e. The van der Waals surface area contributed by atoms with Gasteiger partial charge in [-0.05, 0) is 24.1 Å². The Morgan fingerprint density at radius 1 is 1.10 bits per heavy atom. The van der Waals surface area contributed by atoms with Crippen LogP contribution in [0.3, 0.4) is 0 Å². The molecule has 2 unspecified atom stereocenters. The Kier molecular flexibility index (Phi) is 4.15. The lowest BCUT2D eigenvalue weighted by molar-refractivity contribution is -0.141. The van der Waals surface area contributed by atoms with Gasteiger partial charge in [-0.2, -0.15) is 0 Å². The number of hydrogen-bond acceptors (Lipinski definition) is 2. The molecule has 0 fully saturated rings. The van der Waals surface area contributed by atoms with Crippen molar-refractivity contribution in [3.05, 3.63) is 59.9 Å². The Labute approximate surface area is 116 Å². The van der Waals surface area contributed by atoms with E-state index in [1.807, 2.05) is 6.07 Å². The van der Waals surface area contributed by atoms with Crippen LogP contribution in [0.15, 0.2) is 48.5 Å². The molecular weight excluding hydrogens is 259 g/mol. The fourth-order valence-corrected chi connectivity index (χ4v) is 2.29. The predicted octanol–water partition coefficient (Wildman–Crippen LogP) is 3.04. The Bertz CT molecular complexity index is 608. The van der Waals surface area contributed by atoms with Gasteiger partial charge in [0.1, 0.15) is 11.7 Å². The Balaban J connectivity index is 2.66. The lowest BCUT2D eigenvalue weighted by Crippen LogP contribution is -2.25. The number of aliphatic hydroxyl groups is 1. The number of carboxylic acids is 1. The maximum Gasteiger partial charge on any atom is 0.313 e. The van der Waals surface area contributed by atoms with Crippen LogP contribution in [0.25, 0.3) is 11.1 Å². The van der Waals surface area contributed by atoms with Crippen molar-refractivity contribution in [1.29, 1.82) is 0 Å². The molecule has 2 rings (SSSR count). The number of benzene rings is 2. The summed E-state index contributed by atoms with van der Waals surface area (Å²) >= 11 is 0. The van der Waals surface area contributed by atoms with Crippen molar-refractivity contribution in [2.75, 3.05) is 0 Å². The van der Waals surface area contributed by atoms with E-state index in [-0.39, 0.29) is 5.56 Å². The molecule has 20 heavy (non-hydrogen) atoms. The second kappa shape index (κ2) is 5.84. The molecule has 0 heterocycles. The molecule has 2 aromatic rings. The largest absolute Gasteiger partial charge is 0.481 e. The summed E-state index contributed by atoms with van der Waals surface area (Å²) in [5.74, 6) is -3.17. The minimum atomic E-state index is -1.30. The zero-order chi connectivity index (χ0) is 14.7. The lowest BCUT2D eigenvalue weighted by atomic mass is 9.87. The van der Waals surface area contributed by atoms with Gasteiger partial charge in [0.05, 0.1) is 6.10 Å². The highest BCUT2D eigenvalue weighted by atomic mass is 19.1. The van der Waals surface area contributed by atoms with E-state index < -0.39 is 23.8 Å². The van der Waals surface area contributed by atoms with Crippen LogP contribution < -0.4 is 0 Å². The average molecular weight is 274 g/mol. The number of rotatable bonds is 4. The molecule has 3 nitrogen and oxygen atoms in total. The topological polar surface area (TPSA) is 57.5 Å². The number of carbonyl (C=O) groups is 1. The first kappa shape index (κ1) is 14.2. The maximum atomic E-state index is 14.1. The predicted molar refractivity (Wildman–Crippen MR) is 73.9 cm³/mol. The van der Waals surface area contributed by atoms with Gasteiger partial charge in [-0.1, -0.05) is 42.5 Å². The van der Waals surface area contributed by atoms with Crippen molar-refractivity contribution in [3.63, 3.8) is 0 Å². The zero-order valence-corrected chi connectivity index (χ0v) is 11.0. The molecule has 0 aliphatic carbocycles. The molecule has 0 saturated heterocycles. The van der Waals surface area contributed by atoms with Crippen LogP contribution in [-0.4, -0.2) is 22.3 Å². The van der Waals surface area contributed by atoms with Gasteiger partial charge >= 0.3 is 5.97 Å². The molecule has 104 valence electrons. The monoisotopic (exact) mass is 274 g/mol. The summed E-state index contributed by atoms with van der Waals surface area (Å²) in [4.78, 5) is 11.4. The quantitative estimate of drug-likeness (QED) is 0.901. The van der Waals surface area contributed by atoms with Crippen molar-refractivity contribution in [3.8, 4) is 11.1 Å². The number of hydrogen-bond donors (Lipinski definition) is 2. The third-order valence-corrected chi connectivity index (χ3v) is 3.20. The molecule has 2 aromatic carbocycles. The van der Waals surface area contributed by atoms with Crippen LogP contribution in [0.5, 0.6) is 0 Å². The van der Waals surface area contributed by atoms with Crippen LogP contribution in [0, 0.1) is 5.82 Å². The van der Waals surface area contributed by atoms with Gasteiger partial charge in [0.2, 0.25) is 0 Å². The molecule has 0 amide bonds. The summed E-state index contributed by atoms with van der Waals surface area (Å²) in [6.07, 6.45) is -1.19. The SMILES string of the molecule is CC(O)C(C(=O)O)c1c(F)cccc1-c1ccccc1. The highest BCUT2D eigenvalue weighted by molar-refractivity contribution is 5.82. The molecule has 0 aliphatic heterocycles. The molecule has 4 heteroatoms. The zero-order valence-electron chi connectivity index (χ0n) is 11.0. The minimum absolute atomic E-state index is 0.0150. The number of carboxylic acid groups (broad SMARTS) is 1. The van der Waals surface area contributed by atoms with Gasteiger partial charge in [0, 0.05) is 5.56 Å². The number of aliphatic hydroxyl groups excluding tert-OH is 1. The third-order valence-electron chi connectivity index (χ3n) is 3.20. The average Bonchev–Trinajstić information content (AvgIpc) is 2.41. The molecule has 0 radical (unpaired) electrons. The highest BCUT2D eigenvalue weighted by Gasteiger charge is 2.30. The molecule has 2 atom stereocenters. The molecular formula is C16H15FO3. The molecule has 0 saturated carbocycles. The van der Waals surface area contributed by atoms with Crippen LogP contribution in [-0.2, 0) is 4.79 Å². The van der Waals surface area contributed by atoms with E-state index in [2.05, 4.69) is 0 Å². The number of aliphatic carboxylic acids is 1. The van der Waals surface area contributed by atoms with Crippen molar-refractivity contribution < 1.29 is 19.4 Å². The molecule has 0 bridgehead atoms. The second-order valence-electron chi connectivity index (χ2n) is 4.62. The first-order valence-electron chi connectivity index (χ1n) is 6.27. The lowest BCUT2D eigenvalue weighted by Gasteiger charge is -2.20. The normalized spacial score (nSPS) is 13.8. The number of halogens is 1. The first-order valence-corrected chi connectivity index (χ1v) is 6.27. The Morgan fingerprint density at radius 2 is 1.75 bits per heavy atom. The standard InChI is InChI=1S/C16H15FO3/c1-10(18)14(16(19)20)15-12(8-5-9-13(15)17)11-6-3-2-4-7-11/h2-10,14,18H,1H3,(H,19,20). The molecule has 0 aliphatic rings. The smallest absolute Gasteiger partial charge is 0.313 e. The van der Waals surface area contributed by atoms with Gasteiger partial charge in [0.15, 0.2) is 0 Å². The van der Waals surface area contributed by atoms with E-state index in [0.29, 0.717) is 11.1 Å². The summed E-state index contributed by atoms with van der Waals surface area (Å²) in [6, 6.07) is 13.4. The first-order chi connectivity index (χ1) is 9.52. The summed E-state index contributed by atoms with van der Waals surface area (Å²) in [5, 5.41) is 19.0. The van der Waals surface area contributed by atoms with E-state index in [0.717, 1.165) is 0 Å². The van der Waals surface area contributed by atoms with Gasteiger partial charge in [-0.25, -0.2) is 4.39 Å². The van der Waals surface area contributed by atoms with Crippen LogP contribution in [0.4, 0.5) is 4.39 Å². The van der Waals surface area contributed by atoms with E-state index >= 15 is 0 Å². The summed E-state index contributed by atoms with van der Waals surface area (Å²) < 4.78 is 14.1. The summed E-state index contributed by atoms with van der Waals surface area (Å²) in [7, 11) is 0. The Morgan fingerprint density at radius 3 is 2.30 bits per heavy atom. The van der Waals surface area contributed by atoms with Gasteiger partial charge in [-0.3, -0.25) is 4.79 Å². The second-order valence-corrected chi connectivity index (χ2v) is 4.62. The van der Waals surface area contributed by atoms with Crippen molar-refractivity contribution >= 4 is 5.97 Å². The van der Waals surface area contributed by atoms with Crippen LogP contribution in [0.2, 0.25) is 0 Å². The van der Waals surface area contributed by atoms with E-state index in [4.69, 9.17) is 0 Å². The highest BCUT2D eigenvalue weighted by Crippen LogP contribution is 2.33. The van der Waals surface area contributed by atoms with Crippen molar-refractivity contribution in [2.45, 2.75) is 18.9 Å². The summed E-state index contributed by atoms with van der Waals surface area (Å²) in [6.45, 7) is 1.35. The molecule has 0 spiro atoms. The van der Waals surface area contributed by atoms with Gasteiger partial charge in [-0.15, -0.1) is 0 Å². The maximum absolute atomic E-state index is 14.1. The van der Waals surface area contributed by atoms with E-state index in [1.54, 1.807) is 30.3 Å². The van der Waals surface area contributed by atoms with E-state index in [1.165, 1.54) is 19.1 Å². The third kappa shape index (κ3) is 2.70. The Hall–Kier alpha value is -2.20. The molecule has 2 N–H and O–H groups in total. The van der Waals surface area contributed by atoms with Crippen LogP contribution in [0.1, 0.15) is 18.4 Å². The summed E-state index contributed by atoms with van der Waals surface area (Å²) in [5.41, 5.74) is 1.22. The fraction of sp³-hybridized carbons (Fsp3) is 0.188. The molecule has 0 aromatic heterocycles.